The Balaban J connectivity index is 3.13. The van der Waals surface area contributed by atoms with Crippen LogP contribution < -0.4 is 4.72 Å². The molecule has 15 heavy (non-hydrogen) atoms. The van der Waals surface area contributed by atoms with Crippen molar-refractivity contribution in [3.8, 4) is 0 Å². The number of hydrogen-bond acceptors (Lipinski definition) is 4. The van der Waals surface area contributed by atoms with Gasteiger partial charge in [0.25, 0.3) is 0 Å². The van der Waals surface area contributed by atoms with Crippen LogP contribution in [-0.2, 0) is 14.8 Å². The van der Waals surface area contributed by atoms with E-state index in [4.69, 9.17) is 0 Å². The van der Waals surface area contributed by atoms with E-state index >= 15 is 0 Å². The Morgan fingerprint density at radius 1 is 1.53 bits per heavy atom. The molecular formula is C9H10NO4S. The first-order valence-electron chi connectivity index (χ1n) is 4.00. The van der Waals surface area contributed by atoms with E-state index in [-0.39, 0.29) is 11.3 Å². The minimum Gasteiger partial charge on any atom is -0.465 e. The average Bonchev–Trinajstić information content (AvgIpc) is 2.15. The number of sulfonamides is 1. The maximum Gasteiger partial charge on any atom is 0.340 e. The van der Waals surface area contributed by atoms with Gasteiger partial charge in [-0.2, -0.15) is 0 Å². The maximum absolute atomic E-state index is 11.2. The third kappa shape index (κ3) is 3.25. The monoisotopic (exact) mass is 228 g/mol. The third-order valence-electron chi connectivity index (χ3n) is 1.56. The van der Waals surface area contributed by atoms with Gasteiger partial charge < -0.3 is 4.74 Å². The number of esters is 1. The molecule has 0 aliphatic carbocycles. The number of carbonyl (C=O) groups excluding carboxylic acids is 1. The van der Waals surface area contributed by atoms with Crippen molar-refractivity contribution in [1.82, 2.24) is 0 Å². The lowest BCUT2D eigenvalue weighted by atomic mass is 10.2. The van der Waals surface area contributed by atoms with Gasteiger partial charge in [-0.1, -0.05) is 6.07 Å². The smallest absolute Gasteiger partial charge is 0.340 e. The van der Waals surface area contributed by atoms with Gasteiger partial charge in [-0.25, -0.2) is 13.2 Å². The lowest BCUT2D eigenvalue weighted by molar-refractivity contribution is 0.0602. The summed E-state index contributed by atoms with van der Waals surface area (Å²) in [5.41, 5.74) is 0.313. The maximum atomic E-state index is 11.2. The van der Waals surface area contributed by atoms with Crippen LogP contribution in [0.5, 0.6) is 0 Å². The Labute approximate surface area is 88.1 Å². The van der Waals surface area contributed by atoms with E-state index in [1.54, 1.807) is 0 Å². The van der Waals surface area contributed by atoms with E-state index < -0.39 is 16.0 Å². The molecule has 0 atom stereocenters. The van der Waals surface area contributed by atoms with Crippen molar-refractivity contribution >= 4 is 21.7 Å². The van der Waals surface area contributed by atoms with E-state index in [9.17, 15) is 13.2 Å². The van der Waals surface area contributed by atoms with Crippen LogP contribution in [0.4, 0.5) is 5.69 Å². The zero-order valence-electron chi connectivity index (χ0n) is 8.27. The average molecular weight is 228 g/mol. The van der Waals surface area contributed by atoms with Gasteiger partial charge in [0.2, 0.25) is 10.0 Å². The second-order valence-electron chi connectivity index (χ2n) is 2.84. The van der Waals surface area contributed by atoms with E-state index in [1.807, 2.05) is 0 Å². The number of nitrogens with one attached hydrogen (secondary N) is 1. The molecule has 0 fully saturated rings. The van der Waals surface area contributed by atoms with Crippen molar-refractivity contribution in [2.45, 2.75) is 0 Å². The molecule has 0 saturated heterocycles. The summed E-state index contributed by atoms with van der Waals surface area (Å²) in [6.07, 6.45) is 1.00. The largest absolute Gasteiger partial charge is 0.465 e. The van der Waals surface area contributed by atoms with Gasteiger partial charge >= 0.3 is 5.97 Å². The molecule has 1 aromatic carbocycles. The van der Waals surface area contributed by atoms with Gasteiger partial charge in [-0.3, -0.25) is 4.72 Å². The summed E-state index contributed by atoms with van der Waals surface area (Å²) in [7, 11) is -2.19. The SMILES string of the molecule is COC(=O)c1c[c]ccc1NS(C)(=O)=O. The Hall–Kier alpha value is -1.56. The normalized spacial score (nSPS) is 10.8. The van der Waals surface area contributed by atoms with Gasteiger partial charge in [-0.15, -0.1) is 0 Å². The first kappa shape index (κ1) is 11.5. The molecule has 0 aliphatic heterocycles. The second-order valence-corrected chi connectivity index (χ2v) is 4.59. The van der Waals surface area contributed by atoms with Crippen LogP contribution >= 0.6 is 0 Å². The molecule has 1 aromatic rings. The van der Waals surface area contributed by atoms with Crippen LogP contribution in [0, 0.1) is 6.07 Å². The van der Waals surface area contributed by atoms with Crippen LogP contribution in [0.1, 0.15) is 10.4 Å². The van der Waals surface area contributed by atoms with Crippen LogP contribution in [0.25, 0.3) is 0 Å². The summed E-state index contributed by atoms with van der Waals surface area (Å²) >= 11 is 0. The Morgan fingerprint density at radius 3 is 2.73 bits per heavy atom. The molecule has 0 amide bonds. The molecule has 0 bridgehead atoms. The van der Waals surface area contributed by atoms with E-state index in [0.717, 1.165) is 6.26 Å². The molecule has 5 nitrogen and oxygen atoms in total. The molecule has 1 radical (unpaired) electrons. The highest BCUT2D eigenvalue weighted by molar-refractivity contribution is 7.92. The molecule has 0 unspecified atom stereocenters. The lowest BCUT2D eigenvalue weighted by Crippen LogP contribution is -2.13. The molecule has 0 heterocycles. The molecule has 81 valence electrons. The second kappa shape index (κ2) is 4.31. The number of hydrogen-bond donors (Lipinski definition) is 1. The molecule has 0 aromatic heterocycles. The Bertz CT molecular complexity index is 467. The molecule has 0 saturated carbocycles. The van der Waals surface area contributed by atoms with Gasteiger partial charge in [-0.05, 0) is 18.2 Å². The summed E-state index contributed by atoms with van der Waals surface area (Å²) in [6.45, 7) is 0. The quantitative estimate of drug-likeness (QED) is 0.771. The lowest BCUT2D eigenvalue weighted by Gasteiger charge is -2.07. The standard InChI is InChI=1S/C9H10NO4S/c1-14-9(11)7-5-3-4-6-8(7)10-15(2,12)13/h4-6,10H,1-2H3. The highest BCUT2D eigenvalue weighted by Gasteiger charge is 2.13. The summed E-state index contributed by atoms with van der Waals surface area (Å²) in [5, 5.41) is 0. The van der Waals surface area contributed by atoms with Crippen molar-refractivity contribution in [2.75, 3.05) is 18.1 Å². The van der Waals surface area contributed by atoms with Crippen molar-refractivity contribution in [3.63, 3.8) is 0 Å². The van der Waals surface area contributed by atoms with Crippen LogP contribution in [0.2, 0.25) is 0 Å². The highest BCUT2D eigenvalue weighted by Crippen LogP contribution is 2.16. The topological polar surface area (TPSA) is 72.5 Å². The predicted molar refractivity (Wildman–Crippen MR) is 55.1 cm³/mol. The van der Waals surface area contributed by atoms with Crippen molar-refractivity contribution in [2.24, 2.45) is 0 Å². The van der Waals surface area contributed by atoms with Crippen molar-refractivity contribution in [1.29, 1.82) is 0 Å². The number of benzene rings is 1. The molecule has 0 spiro atoms. The van der Waals surface area contributed by atoms with E-state index in [1.165, 1.54) is 25.3 Å². The number of ether oxygens (including phenoxy) is 1. The summed E-state index contributed by atoms with van der Waals surface area (Å²) in [4.78, 5) is 11.2. The molecule has 6 heteroatoms. The molecular weight excluding hydrogens is 218 g/mol. The summed E-state index contributed by atoms with van der Waals surface area (Å²) < 4.78 is 28.7. The summed E-state index contributed by atoms with van der Waals surface area (Å²) in [5.74, 6) is -0.613. The number of rotatable bonds is 3. The van der Waals surface area contributed by atoms with Gasteiger partial charge in [0.05, 0.1) is 24.6 Å². The van der Waals surface area contributed by atoms with Crippen LogP contribution in [0.3, 0.4) is 0 Å². The third-order valence-corrected chi connectivity index (χ3v) is 2.16. The zero-order valence-corrected chi connectivity index (χ0v) is 9.09. The fraction of sp³-hybridized carbons (Fsp3) is 0.222. The first-order chi connectivity index (χ1) is 6.94. The van der Waals surface area contributed by atoms with Crippen LogP contribution in [-0.4, -0.2) is 27.8 Å². The number of carbonyl (C=O) groups is 1. The van der Waals surface area contributed by atoms with Crippen LogP contribution in [0.15, 0.2) is 18.2 Å². The fourth-order valence-corrected chi connectivity index (χ4v) is 1.58. The predicted octanol–water partition coefficient (Wildman–Crippen LogP) is 0.645. The summed E-state index contributed by atoms with van der Waals surface area (Å²) in [6, 6.07) is 6.96. The van der Waals surface area contributed by atoms with E-state index in [2.05, 4.69) is 15.5 Å². The Morgan fingerprint density at radius 2 is 2.20 bits per heavy atom. The highest BCUT2D eigenvalue weighted by atomic mass is 32.2. The minimum absolute atomic E-state index is 0.130. The zero-order chi connectivity index (χ0) is 11.5. The number of anilines is 1. The number of methoxy groups -OCH3 is 1. The minimum atomic E-state index is -3.41. The van der Waals surface area contributed by atoms with E-state index in [0.29, 0.717) is 0 Å². The molecule has 1 N–H and O–H groups in total. The first-order valence-corrected chi connectivity index (χ1v) is 5.89. The fourth-order valence-electron chi connectivity index (χ4n) is 0.998. The van der Waals surface area contributed by atoms with Gasteiger partial charge in [0.15, 0.2) is 0 Å². The van der Waals surface area contributed by atoms with Crippen molar-refractivity contribution < 1.29 is 17.9 Å². The Kier molecular flexibility index (Phi) is 3.31. The van der Waals surface area contributed by atoms with Crippen molar-refractivity contribution in [3.05, 3.63) is 29.8 Å². The van der Waals surface area contributed by atoms with Gasteiger partial charge in [0, 0.05) is 0 Å². The van der Waals surface area contributed by atoms with Gasteiger partial charge in [0.1, 0.15) is 0 Å². The molecule has 1 rings (SSSR count). The molecule has 0 aliphatic rings.